The Morgan fingerprint density at radius 1 is 1.41 bits per heavy atom. The van der Waals surface area contributed by atoms with Crippen LogP contribution in [-0.2, 0) is 6.42 Å². The van der Waals surface area contributed by atoms with Crippen molar-refractivity contribution in [3.05, 3.63) is 37.9 Å². The molecule has 1 aromatic heterocycles. The number of nitrogens with one attached hydrogen (secondary N) is 1. The van der Waals surface area contributed by atoms with Crippen LogP contribution >= 0.6 is 23.2 Å². The molecule has 1 aliphatic carbocycles. The van der Waals surface area contributed by atoms with Crippen LogP contribution in [0.2, 0.25) is 0 Å². The van der Waals surface area contributed by atoms with Gasteiger partial charge in [-0.3, -0.25) is 9.59 Å². The molecule has 6 heteroatoms. The van der Waals surface area contributed by atoms with Crippen molar-refractivity contribution >= 4 is 23.2 Å². The highest BCUT2D eigenvalue weighted by Gasteiger charge is 2.34. The molecule has 1 aliphatic rings. The van der Waals surface area contributed by atoms with Crippen molar-refractivity contribution in [3.8, 4) is 5.75 Å². The van der Waals surface area contributed by atoms with Gasteiger partial charge in [-0.05, 0) is 0 Å². The van der Waals surface area contributed by atoms with Gasteiger partial charge in [-0.2, -0.15) is 0 Å². The first-order valence-corrected chi connectivity index (χ1v) is 6.06. The van der Waals surface area contributed by atoms with Gasteiger partial charge in [-0.15, -0.1) is 23.2 Å². The predicted molar refractivity (Wildman–Crippen MR) is 66.4 cm³/mol. The maximum atomic E-state index is 11.4. The van der Waals surface area contributed by atoms with Crippen LogP contribution in [0.4, 0.5) is 0 Å². The van der Waals surface area contributed by atoms with Gasteiger partial charge >= 0.3 is 0 Å². The zero-order chi connectivity index (χ0) is 12.7. The van der Waals surface area contributed by atoms with Gasteiger partial charge in [0.05, 0.1) is 10.8 Å². The topological polar surface area (TPSA) is 70.2 Å². The number of rotatable bonds is 0. The summed E-state index contributed by atoms with van der Waals surface area (Å²) < 4.78 is 0. The fraction of sp³-hybridized carbons (Fsp3) is 0.455. The van der Waals surface area contributed by atoms with Gasteiger partial charge < -0.3 is 10.1 Å². The van der Waals surface area contributed by atoms with Crippen LogP contribution in [0.15, 0.2) is 15.7 Å². The molecule has 0 bridgehead atoms. The number of H-pyrrole nitrogens is 1. The second-order valence-electron chi connectivity index (χ2n) is 4.19. The van der Waals surface area contributed by atoms with E-state index in [1.165, 1.54) is 0 Å². The summed E-state index contributed by atoms with van der Waals surface area (Å²) in [4.78, 5) is 25.2. The Kier molecular flexibility index (Phi) is 3.19. The Labute approximate surface area is 107 Å². The summed E-state index contributed by atoms with van der Waals surface area (Å²) in [5.74, 6) is -0.435. The molecular formula is C11H11Cl2NO3. The smallest absolute Gasteiger partial charge is 0.296 e. The van der Waals surface area contributed by atoms with Crippen LogP contribution in [0.25, 0.3) is 0 Å². The number of aromatic nitrogens is 1. The van der Waals surface area contributed by atoms with Crippen LogP contribution in [0.5, 0.6) is 5.75 Å². The number of hydrogen-bond donors (Lipinski definition) is 2. The number of fused-ring (bicyclic) bond motifs is 1. The van der Waals surface area contributed by atoms with Crippen LogP contribution in [0.3, 0.4) is 0 Å². The van der Waals surface area contributed by atoms with E-state index in [2.05, 4.69) is 4.98 Å². The third-order valence-corrected chi connectivity index (χ3v) is 4.27. The highest BCUT2D eigenvalue weighted by Crippen LogP contribution is 2.39. The highest BCUT2D eigenvalue weighted by molar-refractivity contribution is 6.30. The van der Waals surface area contributed by atoms with E-state index in [0.717, 1.165) is 6.07 Å². The van der Waals surface area contributed by atoms with Gasteiger partial charge in [0.2, 0.25) is 5.43 Å². The molecule has 0 aliphatic heterocycles. The van der Waals surface area contributed by atoms with Gasteiger partial charge in [0.15, 0.2) is 0 Å². The molecule has 0 saturated heterocycles. The molecule has 2 rings (SSSR count). The summed E-state index contributed by atoms with van der Waals surface area (Å²) in [6, 6.07) is 0.923. The van der Waals surface area contributed by atoms with Gasteiger partial charge in [0.1, 0.15) is 5.75 Å². The van der Waals surface area contributed by atoms with Crippen molar-refractivity contribution in [2.24, 2.45) is 0 Å². The Bertz CT molecular complexity index is 570. The molecule has 4 nitrogen and oxygen atoms in total. The zero-order valence-electron chi connectivity index (χ0n) is 9.04. The second kappa shape index (κ2) is 4.35. The van der Waals surface area contributed by atoms with E-state index < -0.39 is 11.0 Å². The lowest BCUT2D eigenvalue weighted by molar-refractivity contribution is 0.453. The number of aromatic hydroxyl groups is 1. The van der Waals surface area contributed by atoms with Crippen molar-refractivity contribution < 1.29 is 5.11 Å². The normalized spacial score (nSPS) is 27.6. The summed E-state index contributed by atoms with van der Waals surface area (Å²) >= 11 is 12.2. The lowest BCUT2D eigenvalue weighted by atomic mass is 9.86. The van der Waals surface area contributed by atoms with E-state index >= 15 is 0 Å². The minimum Gasteiger partial charge on any atom is -0.507 e. The van der Waals surface area contributed by atoms with Crippen molar-refractivity contribution in [2.75, 3.05) is 0 Å². The first-order chi connectivity index (χ1) is 7.91. The van der Waals surface area contributed by atoms with E-state index in [4.69, 9.17) is 23.2 Å². The first-order valence-electron chi connectivity index (χ1n) is 5.19. The van der Waals surface area contributed by atoms with E-state index in [0.29, 0.717) is 17.7 Å². The molecule has 0 radical (unpaired) electrons. The lowest BCUT2D eigenvalue weighted by Crippen LogP contribution is -2.31. The fourth-order valence-electron chi connectivity index (χ4n) is 2.14. The van der Waals surface area contributed by atoms with Crippen LogP contribution in [0, 0.1) is 0 Å². The maximum Gasteiger partial charge on any atom is 0.296 e. The SMILES string of the molecule is CC1c2c(O)cc(=O)c(=O)[nH]c2C[C@@H](Cl)[C@@H]1Cl. The molecule has 1 aromatic rings. The molecule has 0 aromatic carbocycles. The third kappa shape index (κ3) is 2.07. The Balaban J connectivity index is 2.78. The Morgan fingerprint density at radius 2 is 2.06 bits per heavy atom. The maximum absolute atomic E-state index is 11.4. The van der Waals surface area contributed by atoms with Crippen LogP contribution in [0.1, 0.15) is 24.1 Å². The molecule has 1 heterocycles. The molecular weight excluding hydrogens is 265 g/mol. The van der Waals surface area contributed by atoms with E-state index in [1.54, 1.807) is 6.92 Å². The Morgan fingerprint density at radius 3 is 2.71 bits per heavy atom. The van der Waals surface area contributed by atoms with Crippen LogP contribution in [-0.4, -0.2) is 20.8 Å². The van der Waals surface area contributed by atoms with Crippen molar-refractivity contribution in [1.29, 1.82) is 0 Å². The summed E-state index contributed by atoms with van der Waals surface area (Å²) in [7, 11) is 0. The quantitative estimate of drug-likeness (QED) is 0.554. The van der Waals surface area contributed by atoms with Crippen molar-refractivity contribution in [2.45, 2.75) is 30.0 Å². The number of halogens is 2. The number of aromatic amines is 1. The summed E-state index contributed by atoms with van der Waals surface area (Å²) in [6.07, 6.45) is 0.326. The molecule has 2 N–H and O–H groups in total. The Hall–Kier alpha value is -1.00. The lowest BCUT2D eigenvalue weighted by Gasteiger charge is -2.29. The average molecular weight is 276 g/mol. The molecule has 3 atom stereocenters. The molecule has 0 fully saturated rings. The highest BCUT2D eigenvalue weighted by atomic mass is 35.5. The number of hydrogen-bond acceptors (Lipinski definition) is 3. The average Bonchev–Trinajstić information content (AvgIpc) is 2.34. The molecule has 17 heavy (non-hydrogen) atoms. The third-order valence-electron chi connectivity index (χ3n) is 3.03. The van der Waals surface area contributed by atoms with E-state index in [-0.39, 0.29) is 22.4 Å². The molecule has 92 valence electrons. The fourth-order valence-corrected chi connectivity index (χ4v) is 2.72. The van der Waals surface area contributed by atoms with Crippen LogP contribution < -0.4 is 11.0 Å². The molecule has 0 spiro atoms. The number of alkyl halides is 2. The van der Waals surface area contributed by atoms with Crippen molar-refractivity contribution in [3.63, 3.8) is 0 Å². The molecule has 1 unspecified atom stereocenters. The minimum absolute atomic E-state index is 0.204. The van der Waals surface area contributed by atoms with Crippen molar-refractivity contribution in [1.82, 2.24) is 4.98 Å². The second-order valence-corrected chi connectivity index (χ2v) is 5.26. The summed E-state index contributed by atoms with van der Waals surface area (Å²) in [6.45, 7) is 1.80. The summed E-state index contributed by atoms with van der Waals surface area (Å²) in [5.41, 5.74) is -0.549. The van der Waals surface area contributed by atoms with Gasteiger partial charge in [-0.25, -0.2) is 0 Å². The molecule has 0 saturated carbocycles. The van der Waals surface area contributed by atoms with E-state index in [9.17, 15) is 14.7 Å². The molecule has 0 amide bonds. The van der Waals surface area contributed by atoms with Gasteiger partial charge in [0, 0.05) is 29.7 Å². The summed E-state index contributed by atoms with van der Waals surface area (Å²) in [5, 5.41) is 9.14. The zero-order valence-corrected chi connectivity index (χ0v) is 10.5. The largest absolute Gasteiger partial charge is 0.507 e. The predicted octanol–water partition coefficient (Wildman–Crippen LogP) is 1.32. The minimum atomic E-state index is -0.777. The van der Waals surface area contributed by atoms with E-state index in [1.807, 2.05) is 0 Å². The first kappa shape index (κ1) is 12.5. The monoisotopic (exact) mass is 275 g/mol. The van der Waals surface area contributed by atoms with Gasteiger partial charge in [0.25, 0.3) is 5.56 Å². The standard InChI is InChI=1S/C11H11Cl2NO3/c1-4-9-6(2-5(12)10(4)13)14-11(17)8(16)3-7(9)15/h3-5,10,15H,2H2,1H3,(H,14,16,17)/t4?,5-,10-/m1/s1. The van der Waals surface area contributed by atoms with Gasteiger partial charge in [-0.1, -0.05) is 6.92 Å².